The Morgan fingerprint density at radius 3 is 2.91 bits per heavy atom. The summed E-state index contributed by atoms with van der Waals surface area (Å²) in [6.07, 6.45) is 2.94. The largest absolute Gasteiger partial charge is 0.482 e. The number of hydrogen-bond acceptors (Lipinski definition) is 5. The molecule has 23 heavy (non-hydrogen) atoms. The minimum Gasteiger partial charge on any atom is -0.482 e. The van der Waals surface area contributed by atoms with Crippen molar-refractivity contribution in [1.29, 1.82) is 0 Å². The molecule has 126 valence electrons. The number of amides is 1. The first kappa shape index (κ1) is 17.3. The van der Waals surface area contributed by atoms with Crippen molar-refractivity contribution in [3.05, 3.63) is 24.3 Å². The van der Waals surface area contributed by atoms with E-state index in [-0.39, 0.29) is 24.3 Å². The Morgan fingerprint density at radius 2 is 2.17 bits per heavy atom. The molecule has 1 amide bonds. The molecule has 2 rings (SSSR count). The summed E-state index contributed by atoms with van der Waals surface area (Å²) in [7, 11) is 0. The van der Waals surface area contributed by atoms with E-state index < -0.39 is 5.97 Å². The Morgan fingerprint density at radius 1 is 1.35 bits per heavy atom. The minimum atomic E-state index is -0.418. The van der Waals surface area contributed by atoms with Crippen molar-refractivity contribution in [2.75, 3.05) is 25.1 Å². The fourth-order valence-electron chi connectivity index (χ4n) is 2.91. The molecule has 2 atom stereocenters. The van der Waals surface area contributed by atoms with E-state index >= 15 is 0 Å². The summed E-state index contributed by atoms with van der Waals surface area (Å²) in [6, 6.07) is 6.99. The van der Waals surface area contributed by atoms with Crippen molar-refractivity contribution in [2.24, 2.45) is 17.6 Å². The molecule has 0 saturated heterocycles. The van der Waals surface area contributed by atoms with Crippen LogP contribution in [0, 0.1) is 11.8 Å². The Kier molecular flexibility index (Phi) is 6.40. The summed E-state index contributed by atoms with van der Waals surface area (Å²) < 4.78 is 10.2. The third-order valence-corrected chi connectivity index (χ3v) is 4.06. The van der Waals surface area contributed by atoms with Crippen LogP contribution in [0.3, 0.4) is 0 Å². The highest BCUT2D eigenvalue weighted by Crippen LogP contribution is 2.32. The van der Waals surface area contributed by atoms with E-state index in [0.29, 0.717) is 24.6 Å². The fourth-order valence-corrected chi connectivity index (χ4v) is 2.91. The monoisotopic (exact) mass is 320 g/mol. The van der Waals surface area contributed by atoms with Crippen LogP contribution in [-0.2, 0) is 14.3 Å². The highest BCUT2D eigenvalue weighted by Gasteiger charge is 2.31. The van der Waals surface area contributed by atoms with Gasteiger partial charge in [0, 0.05) is 17.7 Å². The number of carbonyl (C=O) groups excluding carboxylic acids is 2. The zero-order valence-electron chi connectivity index (χ0n) is 13.4. The van der Waals surface area contributed by atoms with Crippen LogP contribution in [0.2, 0.25) is 0 Å². The lowest BCUT2D eigenvalue weighted by molar-refractivity contribution is -0.145. The van der Waals surface area contributed by atoms with Crippen LogP contribution in [-0.4, -0.2) is 31.6 Å². The summed E-state index contributed by atoms with van der Waals surface area (Å²) in [6.45, 7) is 2.46. The molecule has 0 unspecified atom stereocenters. The first-order valence-corrected chi connectivity index (χ1v) is 8.03. The van der Waals surface area contributed by atoms with E-state index in [2.05, 4.69) is 5.32 Å². The molecule has 0 radical (unpaired) electrons. The highest BCUT2D eigenvalue weighted by atomic mass is 16.6. The first-order valence-electron chi connectivity index (χ1n) is 8.03. The van der Waals surface area contributed by atoms with Crippen LogP contribution in [0.5, 0.6) is 5.75 Å². The van der Waals surface area contributed by atoms with E-state index in [1.807, 2.05) is 0 Å². The molecule has 0 bridgehead atoms. The molecule has 6 heteroatoms. The van der Waals surface area contributed by atoms with E-state index in [0.717, 1.165) is 19.3 Å². The van der Waals surface area contributed by atoms with Gasteiger partial charge >= 0.3 is 5.97 Å². The molecule has 1 fully saturated rings. The first-order chi connectivity index (χ1) is 11.1. The predicted molar refractivity (Wildman–Crippen MR) is 87.1 cm³/mol. The summed E-state index contributed by atoms with van der Waals surface area (Å²) in [5.41, 5.74) is 6.38. The quantitative estimate of drug-likeness (QED) is 0.749. The maximum atomic E-state index is 12.4. The summed E-state index contributed by atoms with van der Waals surface area (Å²) in [5, 5.41) is 2.91. The lowest BCUT2D eigenvalue weighted by Crippen LogP contribution is -2.29. The van der Waals surface area contributed by atoms with Gasteiger partial charge in [-0.05, 0) is 44.4 Å². The highest BCUT2D eigenvalue weighted by molar-refractivity contribution is 5.93. The Hall–Kier alpha value is -2.08. The zero-order chi connectivity index (χ0) is 16.7. The van der Waals surface area contributed by atoms with Crippen molar-refractivity contribution in [3.8, 4) is 5.75 Å². The van der Waals surface area contributed by atoms with Gasteiger partial charge in [0.1, 0.15) is 5.75 Å². The maximum Gasteiger partial charge on any atom is 0.344 e. The van der Waals surface area contributed by atoms with Gasteiger partial charge in [-0.15, -0.1) is 0 Å². The molecule has 1 aromatic rings. The predicted octanol–water partition coefficient (Wildman–Crippen LogP) is 1.94. The SMILES string of the molecule is CCOC(=O)COc1cccc(NC(=O)[C@@H]2CCC[C@@H]2CN)c1. The Balaban J connectivity index is 1.91. The lowest BCUT2D eigenvalue weighted by Gasteiger charge is -2.17. The fraction of sp³-hybridized carbons (Fsp3) is 0.529. The lowest BCUT2D eigenvalue weighted by atomic mass is 9.95. The van der Waals surface area contributed by atoms with Crippen LogP contribution >= 0.6 is 0 Å². The third-order valence-electron chi connectivity index (χ3n) is 4.06. The van der Waals surface area contributed by atoms with Crippen molar-refractivity contribution in [3.63, 3.8) is 0 Å². The molecular formula is C17H24N2O4. The van der Waals surface area contributed by atoms with Crippen molar-refractivity contribution in [1.82, 2.24) is 0 Å². The van der Waals surface area contributed by atoms with Gasteiger partial charge in [-0.2, -0.15) is 0 Å². The van der Waals surface area contributed by atoms with Gasteiger partial charge in [-0.3, -0.25) is 4.79 Å². The Bertz CT molecular complexity index is 547. The van der Waals surface area contributed by atoms with E-state index in [4.69, 9.17) is 15.2 Å². The second kappa shape index (κ2) is 8.53. The van der Waals surface area contributed by atoms with Crippen LogP contribution in [0.15, 0.2) is 24.3 Å². The second-order valence-corrected chi connectivity index (χ2v) is 5.64. The molecular weight excluding hydrogens is 296 g/mol. The van der Waals surface area contributed by atoms with Gasteiger partial charge < -0.3 is 20.5 Å². The maximum absolute atomic E-state index is 12.4. The Labute approximate surface area is 136 Å². The molecule has 6 nitrogen and oxygen atoms in total. The van der Waals surface area contributed by atoms with E-state index in [9.17, 15) is 9.59 Å². The van der Waals surface area contributed by atoms with Crippen LogP contribution in [0.1, 0.15) is 26.2 Å². The summed E-state index contributed by atoms with van der Waals surface area (Å²) in [4.78, 5) is 23.7. The molecule has 0 heterocycles. The molecule has 0 spiro atoms. The molecule has 1 aliphatic rings. The standard InChI is InChI=1S/C17H24N2O4/c1-2-22-16(20)11-23-14-7-4-6-13(9-14)19-17(21)15-8-3-5-12(15)10-18/h4,6-7,9,12,15H,2-3,5,8,10-11,18H2,1H3,(H,19,21)/t12-,15-/m1/s1. The van der Waals surface area contributed by atoms with Gasteiger partial charge in [0.25, 0.3) is 0 Å². The van der Waals surface area contributed by atoms with Gasteiger partial charge in [0.2, 0.25) is 5.91 Å². The van der Waals surface area contributed by atoms with Gasteiger partial charge in [0.15, 0.2) is 6.61 Å². The number of carbonyl (C=O) groups is 2. The van der Waals surface area contributed by atoms with Crippen molar-refractivity contribution in [2.45, 2.75) is 26.2 Å². The average Bonchev–Trinajstić information content (AvgIpc) is 3.02. The molecule has 0 aromatic heterocycles. The normalized spacial score (nSPS) is 20.1. The van der Waals surface area contributed by atoms with Gasteiger partial charge in [-0.1, -0.05) is 12.5 Å². The molecule has 0 aliphatic heterocycles. The number of nitrogens with two attached hydrogens (primary N) is 1. The number of nitrogens with one attached hydrogen (secondary N) is 1. The smallest absolute Gasteiger partial charge is 0.344 e. The molecule has 1 aromatic carbocycles. The molecule has 1 aliphatic carbocycles. The van der Waals surface area contributed by atoms with Crippen molar-refractivity contribution >= 4 is 17.6 Å². The number of esters is 1. The zero-order valence-corrected chi connectivity index (χ0v) is 13.4. The average molecular weight is 320 g/mol. The number of hydrogen-bond donors (Lipinski definition) is 2. The number of ether oxygens (including phenoxy) is 2. The van der Waals surface area contributed by atoms with Crippen LogP contribution in [0.4, 0.5) is 5.69 Å². The van der Waals surface area contributed by atoms with E-state index in [1.54, 1.807) is 31.2 Å². The van der Waals surface area contributed by atoms with Gasteiger partial charge in [-0.25, -0.2) is 4.79 Å². The number of benzene rings is 1. The molecule has 1 saturated carbocycles. The minimum absolute atomic E-state index is 0.000456. The third kappa shape index (κ3) is 4.96. The second-order valence-electron chi connectivity index (χ2n) is 5.64. The van der Waals surface area contributed by atoms with Gasteiger partial charge in [0.05, 0.1) is 6.61 Å². The number of anilines is 1. The molecule has 3 N–H and O–H groups in total. The van der Waals surface area contributed by atoms with Crippen LogP contribution in [0.25, 0.3) is 0 Å². The number of rotatable bonds is 7. The van der Waals surface area contributed by atoms with E-state index in [1.165, 1.54) is 0 Å². The topological polar surface area (TPSA) is 90.6 Å². The summed E-state index contributed by atoms with van der Waals surface area (Å²) in [5.74, 6) is 0.333. The summed E-state index contributed by atoms with van der Waals surface area (Å²) >= 11 is 0. The van der Waals surface area contributed by atoms with Crippen LogP contribution < -0.4 is 15.8 Å². The van der Waals surface area contributed by atoms with Crippen molar-refractivity contribution < 1.29 is 19.1 Å².